The Bertz CT molecular complexity index is 843. The molecule has 9 nitrogen and oxygen atoms in total. The van der Waals surface area contributed by atoms with Crippen LogP contribution in [0.4, 0.5) is 5.69 Å². The molecule has 0 atom stereocenters. The van der Waals surface area contributed by atoms with Gasteiger partial charge in [-0.15, -0.1) is 0 Å². The maximum absolute atomic E-state index is 11.4. The van der Waals surface area contributed by atoms with E-state index in [2.05, 4.69) is 15.3 Å². The highest BCUT2D eigenvalue weighted by molar-refractivity contribution is 7.71. The first kappa shape index (κ1) is 18.6. The summed E-state index contributed by atoms with van der Waals surface area (Å²) in [5, 5.41) is 22.2. The van der Waals surface area contributed by atoms with Crippen molar-refractivity contribution in [1.82, 2.24) is 14.9 Å². The number of aromatic amines is 1. The molecule has 0 aliphatic rings. The van der Waals surface area contributed by atoms with Crippen LogP contribution in [-0.2, 0) is 0 Å². The summed E-state index contributed by atoms with van der Waals surface area (Å²) >= 11 is 5.06. The number of hydrogen-bond donors (Lipinski definition) is 1. The quantitative estimate of drug-likeness (QED) is 0.253. The summed E-state index contributed by atoms with van der Waals surface area (Å²) in [4.78, 5) is 10.9. The summed E-state index contributed by atoms with van der Waals surface area (Å²) in [7, 11) is 1.43. The Hall–Kier alpha value is -2.75. The van der Waals surface area contributed by atoms with Gasteiger partial charge in [0.1, 0.15) is 5.82 Å². The molecule has 0 saturated heterocycles. The lowest BCUT2D eigenvalue weighted by Crippen LogP contribution is -2.04. The van der Waals surface area contributed by atoms with E-state index in [-0.39, 0.29) is 17.2 Å². The van der Waals surface area contributed by atoms with E-state index < -0.39 is 4.92 Å². The van der Waals surface area contributed by atoms with Crippen LogP contribution in [0.25, 0.3) is 0 Å². The molecule has 1 aromatic carbocycles. The molecule has 0 radical (unpaired) electrons. The smallest absolute Gasteiger partial charge is 0.315 e. The molecule has 1 heterocycles. The zero-order valence-electron chi connectivity index (χ0n) is 14.2. The van der Waals surface area contributed by atoms with Crippen molar-refractivity contribution in [3.63, 3.8) is 0 Å². The van der Waals surface area contributed by atoms with Gasteiger partial charge in [0.15, 0.2) is 5.75 Å². The molecule has 1 aromatic heterocycles. The van der Waals surface area contributed by atoms with Crippen molar-refractivity contribution in [2.75, 3.05) is 13.7 Å². The Balaban J connectivity index is 2.41. The second-order valence-electron chi connectivity index (χ2n) is 5.16. The largest absolute Gasteiger partial charge is 0.493 e. The lowest BCUT2D eigenvalue weighted by atomic mass is 10.2. The number of methoxy groups -OCH3 is 1. The predicted molar refractivity (Wildman–Crippen MR) is 95.2 cm³/mol. The van der Waals surface area contributed by atoms with Crippen LogP contribution in [0.2, 0.25) is 0 Å². The van der Waals surface area contributed by atoms with E-state index in [0.717, 1.165) is 12.8 Å². The molecule has 134 valence electrons. The Morgan fingerprint density at radius 3 is 2.84 bits per heavy atom. The highest BCUT2D eigenvalue weighted by atomic mass is 32.1. The van der Waals surface area contributed by atoms with Gasteiger partial charge in [-0.3, -0.25) is 15.2 Å². The SMILES string of the molecule is CCCCOc1c(OC)cc(/C=N\n2c(C)n[nH]c2=S)cc1[N+](=O)[O-]. The van der Waals surface area contributed by atoms with Gasteiger partial charge in [0.2, 0.25) is 10.5 Å². The van der Waals surface area contributed by atoms with E-state index in [0.29, 0.717) is 22.8 Å². The van der Waals surface area contributed by atoms with Crippen LogP contribution in [-0.4, -0.2) is 39.7 Å². The predicted octanol–water partition coefficient (Wildman–Crippen LogP) is 3.23. The van der Waals surface area contributed by atoms with Gasteiger partial charge in [-0.25, -0.2) is 0 Å². The average Bonchev–Trinajstić information content (AvgIpc) is 2.91. The lowest BCUT2D eigenvalue weighted by Gasteiger charge is -2.11. The molecule has 0 unspecified atom stereocenters. The topological polar surface area (TPSA) is 108 Å². The maximum atomic E-state index is 11.4. The van der Waals surface area contributed by atoms with Crippen molar-refractivity contribution >= 4 is 24.1 Å². The molecule has 1 N–H and O–H groups in total. The Labute approximate surface area is 149 Å². The number of aromatic nitrogens is 3. The number of H-pyrrole nitrogens is 1. The monoisotopic (exact) mass is 365 g/mol. The Morgan fingerprint density at radius 1 is 1.52 bits per heavy atom. The van der Waals surface area contributed by atoms with Crippen LogP contribution in [0.1, 0.15) is 31.2 Å². The minimum atomic E-state index is -0.504. The van der Waals surface area contributed by atoms with Crippen LogP contribution < -0.4 is 9.47 Å². The summed E-state index contributed by atoms with van der Waals surface area (Å²) < 4.78 is 12.6. The number of ether oxygens (including phenoxy) is 2. The molecule has 0 aliphatic heterocycles. The molecule has 0 spiro atoms. The number of nitro groups is 1. The molecule has 0 amide bonds. The minimum absolute atomic E-state index is 0.120. The second-order valence-corrected chi connectivity index (χ2v) is 5.55. The van der Waals surface area contributed by atoms with Crippen molar-refractivity contribution in [3.8, 4) is 11.5 Å². The second kappa shape index (κ2) is 8.38. The number of benzene rings is 1. The molecule has 10 heteroatoms. The number of nitrogens with zero attached hydrogens (tertiary/aromatic N) is 4. The minimum Gasteiger partial charge on any atom is -0.493 e. The molecule has 2 aromatic rings. The van der Waals surface area contributed by atoms with E-state index in [4.69, 9.17) is 21.7 Å². The summed E-state index contributed by atoms with van der Waals surface area (Å²) in [5.41, 5.74) is 0.304. The fourth-order valence-corrected chi connectivity index (χ4v) is 2.29. The van der Waals surface area contributed by atoms with Crippen molar-refractivity contribution in [2.45, 2.75) is 26.7 Å². The Morgan fingerprint density at radius 2 is 2.28 bits per heavy atom. The molecule has 2 rings (SSSR count). The van der Waals surface area contributed by atoms with Gasteiger partial charge >= 0.3 is 5.69 Å². The highest BCUT2D eigenvalue weighted by Crippen LogP contribution is 2.38. The molecule has 0 bridgehead atoms. The fourth-order valence-electron chi connectivity index (χ4n) is 2.06. The molecule has 0 fully saturated rings. The van der Waals surface area contributed by atoms with Crippen molar-refractivity contribution in [3.05, 3.63) is 38.4 Å². The van der Waals surface area contributed by atoms with Crippen LogP contribution in [0.5, 0.6) is 11.5 Å². The third-order valence-electron chi connectivity index (χ3n) is 3.35. The third-order valence-corrected chi connectivity index (χ3v) is 3.62. The van der Waals surface area contributed by atoms with Crippen LogP contribution >= 0.6 is 12.2 Å². The summed E-state index contributed by atoms with van der Waals surface area (Å²) in [5.74, 6) is 0.968. The number of unbranched alkanes of at least 4 members (excludes halogenated alkanes) is 1. The van der Waals surface area contributed by atoms with E-state index >= 15 is 0 Å². The van der Waals surface area contributed by atoms with Gasteiger partial charge in [0.05, 0.1) is 24.9 Å². The number of nitro benzene ring substituents is 1. The summed E-state index contributed by atoms with van der Waals surface area (Å²) in [6.45, 7) is 4.12. The van der Waals surface area contributed by atoms with Crippen LogP contribution in [0.15, 0.2) is 17.2 Å². The zero-order valence-corrected chi connectivity index (χ0v) is 15.0. The first-order valence-electron chi connectivity index (χ1n) is 7.65. The zero-order chi connectivity index (χ0) is 18.4. The number of rotatable bonds is 8. The third kappa shape index (κ3) is 4.41. The maximum Gasteiger partial charge on any atom is 0.315 e. The van der Waals surface area contributed by atoms with Crippen LogP contribution in [0, 0.1) is 21.8 Å². The fraction of sp³-hybridized carbons (Fsp3) is 0.400. The molecular formula is C15H19N5O4S. The van der Waals surface area contributed by atoms with Gasteiger partial charge in [0, 0.05) is 11.6 Å². The first-order valence-corrected chi connectivity index (χ1v) is 8.06. The van der Waals surface area contributed by atoms with E-state index in [9.17, 15) is 10.1 Å². The normalized spacial score (nSPS) is 11.0. The lowest BCUT2D eigenvalue weighted by molar-refractivity contribution is -0.386. The summed E-state index contributed by atoms with van der Waals surface area (Å²) in [6.07, 6.45) is 3.16. The van der Waals surface area contributed by atoms with Crippen molar-refractivity contribution in [1.29, 1.82) is 0 Å². The first-order chi connectivity index (χ1) is 12.0. The number of hydrogen-bond acceptors (Lipinski definition) is 7. The number of nitrogens with one attached hydrogen (secondary N) is 1. The molecule has 0 aliphatic carbocycles. The highest BCUT2D eigenvalue weighted by Gasteiger charge is 2.22. The van der Waals surface area contributed by atoms with Gasteiger partial charge in [-0.2, -0.15) is 14.9 Å². The van der Waals surface area contributed by atoms with Gasteiger partial charge < -0.3 is 9.47 Å². The molecule has 0 saturated carbocycles. The number of aryl methyl sites for hydroxylation is 1. The van der Waals surface area contributed by atoms with Crippen molar-refractivity contribution < 1.29 is 14.4 Å². The van der Waals surface area contributed by atoms with Gasteiger partial charge in [0.25, 0.3) is 0 Å². The van der Waals surface area contributed by atoms with Crippen LogP contribution in [0.3, 0.4) is 0 Å². The summed E-state index contributed by atoms with van der Waals surface area (Å²) in [6, 6.07) is 3.00. The average molecular weight is 365 g/mol. The van der Waals surface area contributed by atoms with E-state index in [1.807, 2.05) is 6.92 Å². The Kier molecular flexibility index (Phi) is 6.23. The molecular weight excluding hydrogens is 346 g/mol. The van der Waals surface area contributed by atoms with E-state index in [1.54, 1.807) is 13.0 Å². The van der Waals surface area contributed by atoms with Gasteiger partial charge in [-0.05, 0) is 31.6 Å². The van der Waals surface area contributed by atoms with Crippen molar-refractivity contribution in [2.24, 2.45) is 5.10 Å². The standard InChI is InChI=1S/C15H19N5O4S/c1-4-5-6-24-14-12(20(21)22)7-11(8-13(14)23-3)9-16-19-10(2)17-18-15(19)25/h7-9H,4-6H2,1-3H3,(H,18,25)/b16-9-. The van der Waals surface area contributed by atoms with E-state index in [1.165, 1.54) is 24.1 Å². The van der Waals surface area contributed by atoms with Gasteiger partial charge in [-0.1, -0.05) is 13.3 Å². The molecule has 25 heavy (non-hydrogen) atoms.